The minimum absolute atomic E-state index is 0. The number of aliphatic hydroxyl groups excluding tert-OH is 1. The van der Waals surface area contributed by atoms with Gasteiger partial charge in [-0.15, -0.1) is 24.0 Å². The Hall–Kier alpha value is -1.35. The number of hydrogen-bond acceptors (Lipinski definition) is 2. The van der Waals surface area contributed by atoms with Crippen molar-refractivity contribution in [1.29, 1.82) is 0 Å². The van der Waals surface area contributed by atoms with Gasteiger partial charge in [0.2, 0.25) is 0 Å². The molecule has 0 saturated heterocycles. The van der Waals surface area contributed by atoms with Crippen LogP contribution in [0, 0.1) is 11.7 Å². The van der Waals surface area contributed by atoms with E-state index in [4.69, 9.17) is 5.11 Å². The Kier molecular flexibility index (Phi) is 9.05. The van der Waals surface area contributed by atoms with Crippen LogP contribution in [0.2, 0.25) is 0 Å². The molecule has 0 radical (unpaired) electrons. The van der Waals surface area contributed by atoms with Gasteiger partial charge in [0.15, 0.2) is 5.96 Å². The van der Waals surface area contributed by atoms with Crippen LogP contribution in [0.1, 0.15) is 19.4 Å². The summed E-state index contributed by atoms with van der Waals surface area (Å²) >= 11 is 0. The summed E-state index contributed by atoms with van der Waals surface area (Å²) in [4.78, 5) is 7.55. The van der Waals surface area contributed by atoms with Crippen LogP contribution in [0.15, 0.2) is 29.4 Å². The lowest BCUT2D eigenvalue weighted by molar-refractivity contribution is 0.241. The van der Waals surface area contributed by atoms with E-state index in [9.17, 15) is 4.39 Å². The summed E-state index contributed by atoms with van der Waals surface area (Å²) in [6.45, 7) is 6.20. The lowest BCUT2D eigenvalue weighted by atomic mass is 10.1. The summed E-state index contributed by atoms with van der Waals surface area (Å²) < 4.78 is 13.2. The zero-order valence-electron chi connectivity index (χ0n) is 14.1. The Labute approximate surface area is 159 Å². The smallest absolute Gasteiger partial charge is 0.191 e. The molecule has 0 amide bonds. The Morgan fingerprint density at radius 3 is 2.88 bits per heavy atom. The first-order chi connectivity index (χ1) is 11.1. The van der Waals surface area contributed by atoms with Crippen molar-refractivity contribution in [3.63, 3.8) is 0 Å². The molecule has 0 aliphatic carbocycles. The molecular weight excluding hydrogens is 422 g/mol. The summed E-state index contributed by atoms with van der Waals surface area (Å²) in [6, 6.07) is 4.79. The molecule has 1 unspecified atom stereocenters. The van der Waals surface area contributed by atoms with Gasteiger partial charge in [0, 0.05) is 43.3 Å². The highest BCUT2D eigenvalue weighted by atomic mass is 127. The zero-order chi connectivity index (χ0) is 16.7. The van der Waals surface area contributed by atoms with Crippen LogP contribution in [0.4, 0.5) is 4.39 Å². The van der Waals surface area contributed by atoms with Crippen molar-refractivity contribution >= 4 is 40.8 Å². The van der Waals surface area contributed by atoms with Gasteiger partial charge in [-0.1, -0.05) is 6.92 Å². The number of aliphatic imine (C=N–C) groups is 1. The fourth-order valence-corrected chi connectivity index (χ4v) is 2.33. The molecule has 1 aromatic heterocycles. The SMILES string of the molecule is CCNC(=NCC(C)CO)NCCc1c[nH]c2cc(F)ccc12.I. The van der Waals surface area contributed by atoms with E-state index in [0.717, 1.165) is 41.9 Å². The van der Waals surface area contributed by atoms with Gasteiger partial charge in [0.25, 0.3) is 0 Å². The van der Waals surface area contributed by atoms with E-state index in [1.54, 1.807) is 6.07 Å². The third-order valence-corrected chi connectivity index (χ3v) is 3.63. The second kappa shape index (κ2) is 10.5. The highest BCUT2D eigenvalue weighted by Gasteiger charge is 2.05. The van der Waals surface area contributed by atoms with E-state index in [2.05, 4.69) is 20.6 Å². The fraction of sp³-hybridized carbons (Fsp3) is 0.471. The van der Waals surface area contributed by atoms with Crippen LogP contribution in [0.3, 0.4) is 0 Å². The van der Waals surface area contributed by atoms with Gasteiger partial charge in [-0.25, -0.2) is 4.39 Å². The Morgan fingerprint density at radius 2 is 2.17 bits per heavy atom. The number of nitrogens with one attached hydrogen (secondary N) is 3. The first kappa shape index (κ1) is 20.7. The van der Waals surface area contributed by atoms with Crippen molar-refractivity contribution in [1.82, 2.24) is 15.6 Å². The van der Waals surface area contributed by atoms with Gasteiger partial charge >= 0.3 is 0 Å². The largest absolute Gasteiger partial charge is 0.396 e. The second-order valence-corrected chi connectivity index (χ2v) is 5.69. The van der Waals surface area contributed by atoms with Crippen molar-refractivity contribution in [2.45, 2.75) is 20.3 Å². The monoisotopic (exact) mass is 448 g/mol. The number of rotatable bonds is 7. The zero-order valence-corrected chi connectivity index (χ0v) is 16.4. The number of halogens is 2. The molecule has 1 aromatic carbocycles. The number of H-pyrrole nitrogens is 1. The molecule has 0 spiro atoms. The Bertz CT molecular complexity index is 659. The lowest BCUT2D eigenvalue weighted by Crippen LogP contribution is -2.38. The van der Waals surface area contributed by atoms with Gasteiger partial charge in [-0.2, -0.15) is 0 Å². The van der Waals surface area contributed by atoms with Gasteiger partial charge < -0.3 is 20.7 Å². The minimum atomic E-state index is -0.233. The molecule has 4 N–H and O–H groups in total. The maximum absolute atomic E-state index is 13.2. The van der Waals surface area contributed by atoms with E-state index < -0.39 is 0 Å². The summed E-state index contributed by atoms with van der Waals surface area (Å²) in [5.74, 6) is 0.663. The molecule has 7 heteroatoms. The van der Waals surface area contributed by atoms with Crippen LogP contribution < -0.4 is 10.6 Å². The number of aromatic amines is 1. The van der Waals surface area contributed by atoms with Crippen molar-refractivity contribution in [3.8, 4) is 0 Å². The third-order valence-electron chi connectivity index (χ3n) is 3.63. The van der Waals surface area contributed by atoms with Crippen LogP contribution in [-0.4, -0.2) is 42.3 Å². The number of hydrogen-bond donors (Lipinski definition) is 4. The average molecular weight is 448 g/mol. The van der Waals surface area contributed by atoms with Crippen LogP contribution in [-0.2, 0) is 6.42 Å². The number of benzene rings is 1. The molecule has 0 bridgehead atoms. The van der Waals surface area contributed by atoms with E-state index in [0.29, 0.717) is 6.54 Å². The van der Waals surface area contributed by atoms with Gasteiger partial charge in [-0.3, -0.25) is 4.99 Å². The van der Waals surface area contributed by atoms with Crippen LogP contribution >= 0.6 is 24.0 Å². The molecular formula is C17H26FIN4O. The van der Waals surface area contributed by atoms with Crippen molar-refractivity contribution in [2.75, 3.05) is 26.2 Å². The summed E-state index contributed by atoms with van der Waals surface area (Å²) in [5.41, 5.74) is 1.96. The highest BCUT2D eigenvalue weighted by Crippen LogP contribution is 2.19. The molecule has 1 heterocycles. The predicted molar refractivity (Wildman–Crippen MR) is 108 cm³/mol. The van der Waals surface area contributed by atoms with Crippen molar-refractivity contribution < 1.29 is 9.50 Å². The number of aromatic nitrogens is 1. The Morgan fingerprint density at radius 1 is 1.38 bits per heavy atom. The van der Waals surface area contributed by atoms with E-state index >= 15 is 0 Å². The van der Waals surface area contributed by atoms with Crippen LogP contribution in [0.5, 0.6) is 0 Å². The molecule has 0 fully saturated rings. The molecule has 5 nitrogen and oxygen atoms in total. The fourth-order valence-electron chi connectivity index (χ4n) is 2.33. The molecule has 0 aliphatic rings. The molecule has 1 atom stereocenters. The second-order valence-electron chi connectivity index (χ2n) is 5.69. The predicted octanol–water partition coefficient (Wildman–Crippen LogP) is 2.65. The molecule has 0 aliphatic heterocycles. The van der Waals surface area contributed by atoms with Gasteiger partial charge in [0.05, 0.1) is 0 Å². The number of guanidine groups is 1. The first-order valence-electron chi connectivity index (χ1n) is 8.02. The number of aliphatic hydroxyl groups is 1. The third kappa shape index (κ3) is 5.94. The topological polar surface area (TPSA) is 72.4 Å². The summed E-state index contributed by atoms with van der Waals surface area (Å²) in [7, 11) is 0. The van der Waals surface area contributed by atoms with E-state index in [-0.39, 0.29) is 42.3 Å². The molecule has 0 saturated carbocycles. The summed E-state index contributed by atoms with van der Waals surface area (Å²) in [6.07, 6.45) is 2.73. The van der Waals surface area contributed by atoms with Gasteiger partial charge in [0.1, 0.15) is 5.82 Å². The lowest BCUT2D eigenvalue weighted by Gasteiger charge is -2.12. The van der Waals surface area contributed by atoms with E-state index in [1.165, 1.54) is 12.1 Å². The minimum Gasteiger partial charge on any atom is -0.396 e. The normalized spacial score (nSPS) is 12.8. The molecule has 24 heavy (non-hydrogen) atoms. The standard InChI is InChI=1S/C17H25FN4O.HI/c1-3-19-17(22-9-12(2)11-23)20-7-6-13-10-21-16-8-14(18)4-5-15(13)16;/h4-5,8,10,12,21,23H,3,6-7,9,11H2,1-2H3,(H2,19,20,22);1H. The van der Waals surface area contributed by atoms with Crippen molar-refractivity contribution in [3.05, 3.63) is 35.8 Å². The molecule has 134 valence electrons. The maximum Gasteiger partial charge on any atom is 0.191 e. The quantitative estimate of drug-likeness (QED) is 0.299. The number of fused-ring (bicyclic) bond motifs is 1. The Balaban J connectivity index is 0.00000288. The summed E-state index contributed by atoms with van der Waals surface area (Å²) in [5, 5.41) is 16.6. The maximum atomic E-state index is 13.2. The molecule has 2 aromatic rings. The number of nitrogens with zero attached hydrogens (tertiary/aromatic N) is 1. The average Bonchev–Trinajstić information content (AvgIpc) is 2.94. The van der Waals surface area contributed by atoms with E-state index in [1.807, 2.05) is 20.0 Å². The molecule has 2 rings (SSSR count). The van der Waals surface area contributed by atoms with Gasteiger partial charge in [-0.05, 0) is 43.0 Å². The first-order valence-corrected chi connectivity index (χ1v) is 8.02. The van der Waals surface area contributed by atoms with Crippen molar-refractivity contribution in [2.24, 2.45) is 10.9 Å². The highest BCUT2D eigenvalue weighted by molar-refractivity contribution is 14.0. The van der Waals surface area contributed by atoms with Crippen LogP contribution in [0.25, 0.3) is 10.9 Å².